The zero-order valence-corrected chi connectivity index (χ0v) is 15.0. The average molecular weight is 320 g/mol. The topological polar surface area (TPSA) is 43.1 Å². The van der Waals surface area contributed by atoms with Crippen LogP contribution in [-0.4, -0.2) is 31.0 Å². The summed E-state index contributed by atoms with van der Waals surface area (Å²) in [5.41, 5.74) is 7.78. The molecule has 1 aromatic carbocycles. The maximum atomic E-state index is 10.2. The summed E-state index contributed by atoms with van der Waals surface area (Å²) in [6, 6.07) is 10.6. The van der Waals surface area contributed by atoms with Gasteiger partial charge in [-0.05, 0) is 12.8 Å². The summed E-state index contributed by atoms with van der Waals surface area (Å²) in [4.78, 5) is 10.2. The Kier molecular flexibility index (Phi) is 9.81. The smallest absolute Gasteiger partial charge is 0.140 e. The maximum Gasteiger partial charge on any atom is 0.140 e. The SMILES string of the molecule is C[N+](C)(Cc1ccccc1)C(N)CCCCCCCCCC=O. The number of unbranched alkanes of at least 4 members (excludes halogenated alkanes) is 7. The molecule has 1 rings (SSSR count). The Morgan fingerprint density at radius 3 is 2.13 bits per heavy atom. The highest BCUT2D eigenvalue weighted by Crippen LogP contribution is 2.16. The fourth-order valence-corrected chi connectivity index (χ4v) is 2.99. The molecular weight excluding hydrogens is 284 g/mol. The van der Waals surface area contributed by atoms with E-state index < -0.39 is 0 Å². The molecular formula is C20H35N2O+. The first-order valence-electron chi connectivity index (χ1n) is 9.12. The van der Waals surface area contributed by atoms with Crippen LogP contribution in [0.1, 0.15) is 63.4 Å². The molecule has 0 amide bonds. The molecule has 1 atom stereocenters. The third kappa shape index (κ3) is 8.87. The van der Waals surface area contributed by atoms with Gasteiger partial charge < -0.3 is 9.28 Å². The molecule has 0 fully saturated rings. The van der Waals surface area contributed by atoms with Crippen LogP contribution in [0.4, 0.5) is 0 Å². The number of rotatable bonds is 13. The van der Waals surface area contributed by atoms with Crippen molar-refractivity contribution in [3.8, 4) is 0 Å². The van der Waals surface area contributed by atoms with Gasteiger partial charge in [0.2, 0.25) is 0 Å². The second-order valence-corrected chi connectivity index (χ2v) is 7.21. The van der Waals surface area contributed by atoms with Crippen molar-refractivity contribution in [3.63, 3.8) is 0 Å². The van der Waals surface area contributed by atoms with Crippen molar-refractivity contribution in [3.05, 3.63) is 35.9 Å². The van der Waals surface area contributed by atoms with Gasteiger partial charge in [-0.25, -0.2) is 0 Å². The van der Waals surface area contributed by atoms with Crippen LogP contribution in [0.5, 0.6) is 0 Å². The molecule has 23 heavy (non-hydrogen) atoms. The average Bonchev–Trinajstić information content (AvgIpc) is 2.53. The van der Waals surface area contributed by atoms with Crippen molar-refractivity contribution < 1.29 is 9.28 Å². The van der Waals surface area contributed by atoms with Gasteiger partial charge in [0.25, 0.3) is 0 Å². The third-order valence-electron chi connectivity index (χ3n) is 4.65. The monoisotopic (exact) mass is 319 g/mol. The number of hydrogen-bond acceptors (Lipinski definition) is 2. The first-order valence-corrected chi connectivity index (χ1v) is 9.12. The van der Waals surface area contributed by atoms with Crippen molar-refractivity contribution >= 4 is 6.29 Å². The molecule has 0 radical (unpaired) electrons. The van der Waals surface area contributed by atoms with Crippen LogP contribution in [0.15, 0.2) is 30.3 Å². The van der Waals surface area contributed by atoms with E-state index in [0.29, 0.717) is 0 Å². The fourth-order valence-electron chi connectivity index (χ4n) is 2.99. The zero-order valence-electron chi connectivity index (χ0n) is 15.0. The minimum absolute atomic E-state index is 0.197. The van der Waals surface area contributed by atoms with Gasteiger partial charge in [-0.15, -0.1) is 0 Å². The molecule has 130 valence electrons. The van der Waals surface area contributed by atoms with E-state index in [1.807, 2.05) is 0 Å². The van der Waals surface area contributed by atoms with Crippen molar-refractivity contribution in [2.24, 2.45) is 5.73 Å². The quantitative estimate of drug-likeness (QED) is 0.255. The van der Waals surface area contributed by atoms with E-state index >= 15 is 0 Å². The van der Waals surface area contributed by atoms with Gasteiger partial charge in [0.05, 0.1) is 14.1 Å². The zero-order chi connectivity index (χ0) is 17.0. The molecule has 0 bridgehead atoms. The summed E-state index contributed by atoms with van der Waals surface area (Å²) >= 11 is 0. The number of hydrogen-bond donors (Lipinski definition) is 1. The summed E-state index contributed by atoms with van der Waals surface area (Å²) in [6.07, 6.45) is 11.6. The molecule has 0 spiro atoms. The van der Waals surface area contributed by atoms with Crippen LogP contribution in [-0.2, 0) is 11.3 Å². The Morgan fingerprint density at radius 1 is 0.957 bits per heavy atom. The summed E-state index contributed by atoms with van der Waals surface area (Å²) in [6.45, 7) is 0.985. The summed E-state index contributed by atoms with van der Waals surface area (Å²) in [7, 11) is 4.45. The predicted molar refractivity (Wildman–Crippen MR) is 97.8 cm³/mol. The molecule has 0 heterocycles. The summed E-state index contributed by atoms with van der Waals surface area (Å²) < 4.78 is 0.843. The Labute approximate surface area is 142 Å². The Bertz CT molecular complexity index is 417. The lowest BCUT2D eigenvalue weighted by atomic mass is 10.1. The number of carbonyl (C=O) groups excluding carboxylic acids is 1. The first kappa shape index (κ1) is 19.9. The highest BCUT2D eigenvalue weighted by molar-refractivity contribution is 5.48. The van der Waals surface area contributed by atoms with Crippen molar-refractivity contribution in [1.82, 2.24) is 0 Å². The molecule has 1 aromatic rings. The Hall–Kier alpha value is -1.19. The van der Waals surface area contributed by atoms with Crippen LogP contribution >= 0.6 is 0 Å². The number of carbonyl (C=O) groups is 1. The van der Waals surface area contributed by atoms with Crippen molar-refractivity contribution in [2.75, 3.05) is 14.1 Å². The van der Waals surface area contributed by atoms with Gasteiger partial charge in [-0.3, -0.25) is 5.73 Å². The lowest BCUT2D eigenvalue weighted by molar-refractivity contribution is -0.928. The highest BCUT2D eigenvalue weighted by Gasteiger charge is 2.24. The van der Waals surface area contributed by atoms with Gasteiger partial charge in [-0.2, -0.15) is 0 Å². The van der Waals surface area contributed by atoms with Crippen LogP contribution < -0.4 is 5.73 Å². The second kappa shape index (κ2) is 11.4. The van der Waals surface area contributed by atoms with Crippen molar-refractivity contribution in [1.29, 1.82) is 0 Å². The van der Waals surface area contributed by atoms with Crippen LogP contribution in [0.3, 0.4) is 0 Å². The maximum absolute atomic E-state index is 10.2. The molecule has 0 aromatic heterocycles. The molecule has 0 aliphatic carbocycles. The van der Waals surface area contributed by atoms with E-state index in [1.165, 1.54) is 44.1 Å². The third-order valence-corrected chi connectivity index (χ3v) is 4.65. The minimum atomic E-state index is 0.197. The van der Waals surface area contributed by atoms with Gasteiger partial charge in [0, 0.05) is 18.4 Å². The first-order chi connectivity index (χ1) is 11.1. The van der Waals surface area contributed by atoms with E-state index in [2.05, 4.69) is 44.4 Å². The van der Waals surface area contributed by atoms with Gasteiger partial charge >= 0.3 is 0 Å². The molecule has 0 aliphatic rings. The number of nitrogens with zero attached hydrogens (tertiary/aromatic N) is 1. The number of benzene rings is 1. The molecule has 0 saturated carbocycles. The van der Waals surface area contributed by atoms with E-state index in [9.17, 15) is 4.79 Å². The number of aldehydes is 1. The van der Waals surface area contributed by atoms with Gasteiger partial charge in [0.1, 0.15) is 19.0 Å². The Balaban J connectivity index is 2.12. The molecule has 1 unspecified atom stereocenters. The van der Waals surface area contributed by atoms with Crippen LogP contribution in [0, 0.1) is 0 Å². The van der Waals surface area contributed by atoms with E-state index in [1.54, 1.807) is 0 Å². The van der Waals surface area contributed by atoms with E-state index in [-0.39, 0.29) is 6.17 Å². The van der Waals surface area contributed by atoms with Crippen LogP contribution in [0.2, 0.25) is 0 Å². The lowest BCUT2D eigenvalue weighted by Gasteiger charge is -2.36. The Morgan fingerprint density at radius 2 is 1.52 bits per heavy atom. The molecule has 0 aliphatic heterocycles. The second-order valence-electron chi connectivity index (χ2n) is 7.21. The number of quaternary nitrogens is 1. The molecule has 2 N–H and O–H groups in total. The van der Waals surface area contributed by atoms with Crippen LogP contribution in [0.25, 0.3) is 0 Å². The fraction of sp³-hybridized carbons (Fsp3) is 0.650. The van der Waals surface area contributed by atoms with E-state index in [0.717, 1.165) is 36.6 Å². The van der Waals surface area contributed by atoms with Gasteiger partial charge in [0.15, 0.2) is 0 Å². The highest BCUT2D eigenvalue weighted by atomic mass is 16.1. The summed E-state index contributed by atoms with van der Waals surface area (Å²) in [5, 5.41) is 0. The largest absolute Gasteiger partial charge is 0.310 e. The van der Waals surface area contributed by atoms with E-state index in [4.69, 9.17) is 5.73 Å². The van der Waals surface area contributed by atoms with Crippen molar-refractivity contribution in [2.45, 2.75) is 70.5 Å². The lowest BCUT2D eigenvalue weighted by Crippen LogP contribution is -2.53. The summed E-state index contributed by atoms with van der Waals surface area (Å²) in [5.74, 6) is 0. The minimum Gasteiger partial charge on any atom is -0.310 e. The normalized spacial score (nSPS) is 13.0. The predicted octanol–water partition coefficient (Wildman–Crippen LogP) is 4.26. The molecule has 0 saturated heterocycles. The number of nitrogens with two attached hydrogens (primary N) is 1. The standard InChI is InChI=1S/C20H35N2O/c1-22(2,18-19-14-10-9-11-15-19)20(21)16-12-7-5-3-4-6-8-13-17-23/h9-11,14-15,17,20H,3-8,12-13,16,18,21H2,1-2H3/q+1. The molecule has 3 nitrogen and oxygen atoms in total. The molecule has 3 heteroatoms. The van der Waals surface area contributed by atoms with Gasteiger partial charge in [-0.1, -0.05) is 62.4 Å².